The fourth-order valence-corrected chi connectivity index (χ4v) is 0.960. The fourth-order valence-electron chi connectivity index (χ4n) is 0.960. The molecule has 0 saturated heterocycles. The number of rotatable bonds is 5. The number of hydrogen-bond acceptors (Lipinski definition) is 4. The lowest BCUT2D eigenvalue weighted by Crippen LogP contribution is -2.41. The van der Waals surface area contributed by atoms with Crippen LogP contribution in [0.25, 0.3) is 0 Å². The van der Waals surface area contributed by atoms with Gasteiger partial charge in [0.15, 0.2) is 0 Å². The molecule has 0 aliphatic rings. The van der Waals surface area contributed by atoms with Crippen LogP contribution in [0.15, 0.2) is 0 Å². The average molecular weight is 162 g/mol. The topological polar surface area (TPSA) is 69.7 Å². The molecule has 0 fully saturated rings. The second-order valence-electron chi connectivity index (χ2n) is 2.64. The Morgan fingerprint density at radius 2 is 1.73 bits per heavy atom. The van der Waals surface area contributed by atoms with Crippen molar-refractivity contribution < 1.29 is 10.2 Å². The van der Waals surface area contributed by atoms with Crippen molar-refractivity contribution >= 4 is 0 Å². The molecule has 0 aromatic heterocycles. The number of nitrogens with two attached hydrogens (primary N) is 1. The monoisotopic (exact) mass is 162 g/mol. The second kappa shape index (κ2) is 5.49. The van der Waals surface area contributed by atoms with Gasteiger partial charge in [-0.1, -0.05) is 0 Å². The number of hydrogen-bond donors (Lipinski definition) is 3. The molecule has 0 saturated carbocycles. The molecule has 0 unspecified atom stereocenters. The van der Waals surface area contributed by atoms with Gasteiger partial charge in [-0.2, -0.15) is 0 Å². The van der Waals surface area contributed by atoms with Gasteiger partial charge in [0.2, 0.25) is 0 Å². The Labute approximate surface area is 67.6 Å². The van der Waals surface area contributed by atoms with Gasteiger partial charge in [-0.25, -0.2) is 0 Å². The SMILES string of the molecule is C[C@@H](O)N(CCCN)[C@@H](C)O. The van der Waals surface area contributed by atoms with Gasteiger partial charge in [-0.05, 0) is 26.8 Å². The van der Waals surface area contributed by atoms with E-state index in [9.17, 15) is 0 Å². The molecule has 0 aliphatic carbocycles. The lowest BCUT2D eigenvalue weighted by molar-refractivity contribution is -0.0838. The van der Waals surface area contributed by atoms with Gasteiger partial charge in [0, 0.05) is 6.54 Å². The van der Waals surface area contributed by atoms with Crippen LogP contribution in [0.4, 0.5) is 0 Å². The van der Waals surface area contributed by atoms with Crippen molar-refractivity contribution in [3.8, 4) is 0 Å². The van der Waals surface area contributed by atoms with E-state index >= 15 is 0 Å². The zero-order valence-electron chi connectivity index (χ0n) is 7.20. The summed E-state index contributed by atoms with van der Waals surface area (Å²) in [6.07, 6.45) is -0.432. The van der Waals surface area contributed by atoms with Gasteiger partial charge in [0.1, 0.15) is 12.5 Å². The van der Waals surface area contributed by atoms with Crippen molar-refractivity contribution in [1.29, 1.82) is 0 Å². The maximum Gasteiger partial charge on any atom is 0.106 e. The molecule has 4 heteroatoms. The summed E-state index contributed by atoms with van der Waals surface area (Å²) in [5, 5.41) is 18.3. The minimum Gasteiger partial charge on any atom is -0.379 e. The summed E-state index contributed by atoms with van der Waals surface area (Å²) >= 11 is 0. The van der Waals surface area contributed by atoms with Crippen molar-refractivity contribution in [3.05, 3.63) is 0 Å². The van der Waals surface area contributed by atoms with E-state index in [4.69, 9.17) is 15.9 Å². The van der Waals surface area contributed by atoms with Crippen LogP contribution in [-0.2, 0) is 0 Å². The largest absolute Gasteiger partial charge is 0.379 e. The molecule has 11 heavy (non-hydrogen) atoms. The summed E-state index contributed by atoms with van der Waals surface area (Å²) < 4.78 is 0. The first-order valence-electron chi connectivity index (χ1n) is 3.91. The highest BCUT2D eigenvalue weighted by Gasteiger charge is 2.14. The van der Waals surface area contributed by atoms with Crippen LogP contribution >= 0.6 is 0 Å². The molecule has 0 bridgehead atoms. The van der Waals surface area contributed by atoms with Crippen LogP contribution in [0.3, 0.4) is 0 Å². The minimum absolute atomic E-state index is 0.579. The molecule has 4 N–H and O–H groups in total. The van der Waals surface area contributed by atoms with Crippen LogP contribution < -0.4 is 5.73 Å². The van der Waals surface area contributed by atoms with Gasteiger partial charge in [-0.15, -0.1) is 0 Å². The van der Waals surface area contributed by atoms with E-state index in [1.54, 1.807) is 18.7 Å². The molecule has 0 aromatic carbocycles. The van der Waals surface area contributed by atoms with E-state index in [0.717, 1.165) is 6.42 Å². The molecule has 0 amide bonds. The van der Waals surface area contributed by atoms with Crippen LogP contribution in [0.1, 0.15) is 20.3 Å². The zero-order chi connectivity index (χ0) is 8.85. The smallest absolute Gasteiger partial charge is 0.106 e. The Kier molecular flexibility index (Phi) is 5.41. The van der Waals surface area contributed by atoms with Crippen LogP contribution in [0.2, 0.25) is 0 Å². The molecule has 0 rings (SSSR count). The van der Waals surface area contributed by atoms with Crippen LogP contribution in [-0.4, -0.2) is 40.7 Å². The quantitative estimate of drug-likeness (QED) is 0.468. The maximum atomic E-state index is 9.13. The highest BCUT2D eigenvalue weighted by atomic mass is 16.3. The van der Waals surface area contributed by atoms with Gasteiger partial charge in [0.25, 0.3) is 0 Å². The Hall–Kier alpha value is -0.160. The molecule has 4 nitrogen and oxygen atoms in total. The predicted molar refractivity (Wildman–Crippen MR) is 43.7 cm³/mol. The summed E-state index contributed by atoms with van der Waals surface area (Å²) in [5.74, 6) is 0. The third-order valence-electron chi connectivity index (χ3n) is 1.58. The molecule has 0 aromatic rings. The Morgan fingerprint density at radius 1 is 1.27 bits per heavy atom. The van der Waals surface area contributed by atoms with E-state index in [1.165, 1.54) is 0 Å². The first kappa shape index (κ1) is 10.8. The van der Waals surface area contributed by atoms with Gasteiger partial charge < -0.3 is 15.9 Å². The third kappa shape index (κ3) is 4.31. The Balaban J connectivity index is 3.70. The van der Waals surface area contributed by atoms with E-state index < -0.39 is 12.5 Å². The fraction of sp³-hybridized carbons (Fsp3) is 1.00. The summed E-state index contributed by atoms with van der Waals surface area (Å²) in [5.41, 5.74) is 5.29. The highest BCUT2D eigenvalue weighted by molar-refractivity contribution is 4.58. The van der Waals surface area contributed by atoms with Crippen molar-refractivity contribution in [3.63, 3.8) is 0 Å². The average Bonchev–Trinajstić information content (AvgIpc) is 1.87. The summed E-state index contributed by atoms with van der Waals surface area (Å²) in [6, 6.07) is 0. The van der Waals surface area contributed by atoms with Gasteiger partial charge >= 0.3 is 0 Å². The summed E-state index contributed by atoms with van der Waals surface area (Å²) in [7, 11) is 0. The summed E-state index contributed by atoms with van der Waals surface area (Å²) in [6.45, 7) is 4.47. The van der Waals surface area contributed by atoms with Crippen molar-refractivity contribution in [2.75, 3.05) is 13.1 Å². The first-order chi connectivity index (χ1) is 5.09. The van der Waals surface area contributed by atoms with E-state index in [0.29, 0.717) is 13.1 Å². The molecular weight excluding hydrogens is 144 g/mol. The molecule has 0 aliphatic heterocycles. The molecule has 0 spiro atoms. The number of aliphatic hydroxyl groups is 2. The lowest BCUT2D eigenvalue weighted by atomic mass is 10.3. The number of aliphatic hydroxyl groups excluding tert-OH is 2. The molecule has 68 valence electrons. The van der Waals surface area contributed by atoms with E-state index in [2.05, 4.69) is 0 Å². The van der Waals surface area contributed by atoms with Crippen molar-refractivity contribution in [2.24, 2.45) is 5.73 Å². The minimum atomic E-state index is -0.610. The Morgan fingerprint density at radius 3 is 2.00 bits per heavy atom. The number of nitrogens with zero attached hydrogens (tertiary/aromatic N) is 1. The normalized spacial score (nSPS) is 16.9. The van der Waals surface area contributed by atoms with Gasteiger partial charge in [-0.3, -0.25) is 4.90 Å². The highest BCUT2D eigenvalue weighted by Crippen LogP contribution is 2.01. The lowest BCUT2D eigenvalue weighted by Gasteiger charge is -2.27. The van der Waals surface area contributed by atoms with Crippen LogP contribution in [0, 0.1) is 0 Å². The standard InChI is InChI=1S/C7H18N2O2/c1-6(10)9(7(2)11)5-3-4-8/h6-7,10-11H,3-5,8H2,1-2H3/t6-,7-/m1/s1. The summed E-state index contributed by atoms with van der Waals surface area (Å²) in [4.78, 5) is 1.58. The van der Waals surface area contributed by atoms with Crippen molar-refractivity contribution in [1.82, 2.24) is 4.90 Å². The molecule has 0 heterocycles. The van der Waals surface area contributed by atoms with E-state index in [1.807, 2.05) is 0 Å². The third-order valence-corrected chi connectivity index (χ3v) is 1.58. The maximum absolute atomic E-state index is 9.13. The van der Waals surface area contributed by atoms with Gasteiger partial charge in [0.05, 0.1) is 0 Å². The second-order valence-corrected chi connectivity index (χ2v) is 2.64. The van der Waals surface area contributed by atoms with Crippen LogP contribution in [0.5, 0.6) is 0 Å². The van der Waals surface area contributed by atoms with Crippen molar-refractivity contribution in [2.45, 2.75) is 32.7 Å². The predicted octanol–water partition coefficient (Wildman–Crippen LogP) is -0.686. The van der Waals surface area contributed by atoms with E-state index in [-0.39, 0.29) is 0 Å². The first-order valence-corrected chi connectivity index (χ1v) is 3.91. The molecular formula is C7H18N2O2. The zero-order valence-corrected chi connectivity index (χ0v) is 7.20. The molecule has 0 radical (unpaired) electrons. The Bertz CT molecular complexity index is 88.4. The molecule has 2 atom stereocenters.